The number of hydrogen-bond acceptors (Lipinski definition) is 8. The molecule has 0 radical (unpaired) electrons. The van der Waals surface area contributed by atoms with Gasteiger partial charge in [0.25, 0.3) is 0 Å². The first-order chi connectivity index (χ1) is 30.9. The van der Waals surface area contributed by atoms with Gasteiger partial charge in [-0.2, -0.15) is 20.4 Å². The quantitative estimate of drug-likeness (QED) is 0.106. The minimum Gasteiger partial charge on any atom is -0.457 e. The fourth-order valence-corrected chi connectivity index (χ4v) is 8.33. The van der Waals surface area contributed by atoms with E-state index in [1.165, 1.54) is 22.3 Å². The number of aryl methyl sites for hydroxylation is 4. The number of ether oxygens (including phenoxy) is 2. The van der Waals surface area contributed by atoms with Crippen molar-refractivity contribution in [1.29, 1.82) is 0 Å². The Kier molecular flexibility index (Phi) is 14.4. The summed E-state index contributed by atoms with van der Waals surface area (Å²) in [6.45, 7) is 12.5. The van der Waals surface area contributed by atoms with Crippen LogP contribution in [0.5, 0.6) is 23.0 Å². The van der Waals surface area contributed by atoms with E-state index in [9.17, 15) is 8.42 Å². The fraction of sp³-hybridized carbons (Fsp3) is 0.200. The second-order valence-electron chi connectivity index (χ2n) is 16.3. The van der Waals surface area contributed by atoms with Crippen molar-refractivity contribution in [2.45, 2.75) is 82.4 Å². The van der Waals surface area contributed by atoms with Crippen LogP contribution < -0.4 is 9.47 Å². The second-order valence-corrected chi connectivity index (χ2v) is 18.3. The Morgan fingerprint density at radius 3 is 1.05 bits per heavy atom. The summed E-state index contributed by atoms with van der Waals surface area (Å²) in [6.07, 6.45) is 3.28. The average Bonchev–Trinajstić information content (AvgIpc) is 3.32. The van der Waals surface area contributed by atoms with Gasteiger partial charge in [-0.1, -0.05) is 100 Å². The molecule has 0 saturated heterocycles. The van der Waals surface area contributed by atoms with Crippen LogP contribution in [0.4, 0.5) is 0 Å². The lowest BCUT2D eigenvalue weighted by atomic mass is 9.78. The highest BCUT2D eigenvalue weighted by Gasteiger charge is 2.23. The smallest absolute Gasteiger partial charge is 0.206 e. The van der Waals surface area contributed by atoms with Gasteiger partial charge in [-0.3, -0.25) is 0 Å². The van der Waals surface area contributed by atoms with Crippen LogP contribution in [-0.4, -0.2) is 28.8 Å². The van der Waals surface area contributed by atoms with Crippen molar-refractivity contribution < 1.29 is 17.9 Å². The minimum absolute atomic E-state index is 0.166. The lowest BCUT2D eigenvalue weighted by Crippen LogP contribution is -2.18. The third-order valence-electron chi connectivity index (χ3n) is 11.2. The van der Waals surface area contributed by atoms with E-state index < -0.39 is 9.84 Å². The molecular weight excluding hydrogens is 813 g/mol. The zero-order chi connectivity index (χ0) is 45.1. The van der Waals surface area contributed by atoms with Crippen LogP contribution in [0.15, 0.2) is 180 Å². The van der Waals surface area contributed by atoms with E-state index in [2.05, 4.69) is 89.7 Å². The Labute approximate surface area is 378 Å². The van der Waals surface area contributed by atoms with Crippen molar-refractivity contribution in [2.75, 3.05) is 0 Å². The van der Waals surface area contributed by atoms with Crippen molar-refractivity contribution in [3.8, 4) is 23.0 Å². The highest BCUT2D eigenvalue weighted by molar-refractivity contribution is 7.91. The van der Waals surface area contributed by atoms with Gasteiger partial charge in [0, 0.05) is 18.3 Å². The van der Waals surface area contributed by atoms with Gasteiger partial charge in [0.2, 0.25) is 9.84 Å². The summed E-state index contributed by atoms with van der Waals surface area (Å²) in [5, 5.41) is 16.6. The molecule has 2 aromatic heterocycles. The topological polar surface area (TPSA) is 104 Å². The van der Waals surface area contributed by atoms with Gasteiger partial charge in [0.1, 0.15) is 23.0 Å². The molecule has 0 fully saturated rings. The Morgan fingerprint density at radius 2 is 0.719 bits per heavy atom. The van der Waals surface area contributed by atoms with E-state index in [1.807, 2.05) is 118 Å². The van der Waals surface area contributed by atoms with E-state index in [4.69, 9.17) is 9.47 Å². The molecule has 324 valence electrons. The van der Waals surface area contributed by atoms with Gasteiger partial charge in [-0.15, -0.1) is 0 Å². The van der Waals surface area contributed by atoms with E-state index in [-0.39, 0.29) is 5.41 Å². The maximum absolute atomic E-state index is 12.7. The largest absolute Gasteiger partial charge is 0.457 e. The molecule has 0 bridgehead atoms. The first kappa shape index (κ1) is 45.1. The normalized spacial score (nSPS) is 11.3. The molecule has 0 amide bonds. The average molecular weight is 867 g/mol. The fourth-order valence-electron chi connectivity index (χ4n) is 7.07. The Bertz CT molecular complexity index is 2830. The summed E-state index contributed by atoms with van der Waals surface area (Å²) < 4.78 is 37.6. The number of rotatable bonds is 14. The summed E-state index contributed by atoms with van der Waals surface area (Å²) in [7, 11) is -3.49. The minimum atomic E-state index is -3.49. The molecule has 0 spiro atoms. The first-order valence-electron chi connectivity index (χ1n) is 21.6. The van der Waals surface area contributed by atoms with Crippen molar-refractivity contribution in [3.05, 3.63) is 226 Å². The van der Waals surface area contributed by atoms with E-state index >= 15 is 0 Å². The van der Waals surface area contributed by atoms with Crippen LogP contribution in [0.3, 0.4) is 0 Å². The molecule has 2 heterocycles. The van der Waals surface area contributed by atoms with E-state index in [0.717, 1.165) is 76.2 Å². The van der Waals surface area contributed by atoms with Gasteiger partial charge in [-0.05, 0) is 157 Å². The number of sulfone groups is 1. The van der Waals surface area contributed by atoms with Gasteiger partial charge in [0.05, 0.1) is 32.6 Å². The van der Waals surface area contributed by atoms with Crippen LogP contribution in [0.2, 0.25) is 0 Å². The molecule has 0 aliphatic rings. The first-order valence-corrected chi connectivity index (χ1v) is 23.1. The number of aromatic nitrogens is 4. The summed E-state index contributed by atoms with van der Waals surface area (Å²) in [4.78, 5) is 0.623. The predicted octanol–water partition coefficient (Wildman–Crippen LogP) is 12.6. The highest BCUT2D eigenvalue weighted by atomic mass is 32.2. The predicted molar refractivity (Wildman–Crippen MR) is 254 cm³/mol. The molecular formula is C55H54N4O4S. The molecule has 0 atom stereocenters. The lowest BCUT2D eigenvalue weighted by Gasteiger charge is -2.26. The molecule has 0 aliphatic carbocycles. The van der Waals surface area contributed by atoms with Gasteiger partial charge in [-0.25, -0.2) is 8.42 Å². The van der Waals surface area contributed by atoms with Crippen molar-refractivity contribution in [2.24, 2.45) is 0 Å². The molecule has 9 heteroatoms. The molecule has 0 unspecified atom stereocenters. The molecule has 8 nitrogen and oxygen atoms in total. The van der Waals surface area contributed by atoms with Gasteiger partial charge >= 0.3 is 0 Å². The third-order valence-corrected chi connectivity index (χ3v) is 13.0. The Morgan fingerprint density at radius 1 is 0.406 bits per heavy atom. The highest BCUT2D eigenvalue weighted by Crippen LogP contribution is 2.35. The standard InChI is InChI=1S/C35H34N2O2.C20H20N2O2S/c1-5-26-7-16-31(17-8-26)38-33-20-11-28(12-21-33)35(3,4)29-13-22-34(23-14-29)39-32-18-9-27(10-19-32)24-30-15-6-25(2)36-37-30;1-3-16-5-10-19(11-6-16)25(23,24)20-12-7-17(8-13-20)14-18-9-4-15(2)21-22-18/h6-23H,5,24H2,1-4H3;4-13H,3,14H2,1-2H3. The molecule has 64 heavy (non-hydrogen) atoms. The molecule has 8 rings (SSSR count). The monoisotopic (exact) mass is 866 g/mol. The zero-order valence-corrected chi connectivity index (χ0v) is 38.1. The number of nitrogens with zero attached hydrogens (tertiary/aromatic N) is 4. The van der Waals surface area contributed by atoms with Crippen molar-refractivity contribution >= 4 is 9.84 Å². The molecule has 6 aromatic carbocycles. The summed E-state index contributed by atoms with van der Waals surface area (Å²) in [5.41, 5.74) is 10.5. The SMILES string of the molecule is CCc1ccc(Oc2ccc(C(C)(C)c3ccc(Oc4ccc(Cc5ccc(C)nn5)cc4)cc3)cc2)cc1.CCc1ccc(S(=O)(=O)c2ccc(Cc3ccc(C)nn3)cc2)cc1. The summed E-state index contributed by atoms with van der Waals surface area (Å²) >= 11 is 0. The van der Waals surface area contributed by atoms with Gasteiger partial charge < -0.3 is 9.47 Å². The van der Waals surface area contributed by atoms with Crippen LogP contribution in [0, 0.1) is 13.8 Å². The van der Waals surface area contributed by atoms with E-state index in [0.29, 0.717) is 16.2 Å². The summed E-state index contributed by atoms with van der Waals surface area (Å²) in [5.74, 6) is 3.30. The van der Waals surface area contributed by atoms with E-state index in [1.54, 1.807) is 24.3 Å². The lowest BCUT2D eigenvalue weighted by molar-refractivity contribution is 0.481. The van der Waals surface area contributed by atoms with Crippen molar-refractivity contribution in [1.82, 2.24) is 20.4 Å². The molecule has 0 aliphatic heterocycles. The van der Waals surface area contributed by atoms with Gasteiger partial charge in [0.15, 0.2) is 0 Å². The number of benzene rings is 6. The maximum Gasteiger partial charge on any atom is 0.206 e. The second kappa shape index (κ2) is 20.5. The number of hydrogen-bond donors (Lipinski definition) is 0. The Balaban J connectivity index is 0.000000211. The van der Waals surface area contributed by atoms with Crippen LogP contribution >= 0.6 is 0 Å². The molecule has 0 N–H and O–H groups in total. The maximum atomic E-state index is 12.7. The molecule has 8 aromatic rings. The van der Waals surface area contributed by atoms with Crippen LogP contribution in [0.25, 0.3) is 0 Å². The Hall–Kier alpha value is -6.97. The van der Waals surface area contributed by atoms with Crippen LogP contribution in [-0.2, 0) is 40.9 Å². The molecule has 0 saturated carbocycles. The zero-order valence-electron chi connectivity index (χ0n) is 37.3. The third kappa shape index (κ3) is 11.7. The van der Waals surface area contributed by atoms with Crippen LogP contribution in [0.1, 0.15) is 83.9 Å². The summed E-state index contributed by atoms with van der Waals surface area (Å²) in [6, 6.07) is 55.0. The van der Waals surface area contributed by atoms with Crippen molar-refractivity contribution in [3.63, 3.8) is 0 Å².